The molecule has 0 saturated heterocycles. The summed E-state index contributed by atoms with van der Waals surface area (Å²) in [5.41, 5.74) is 30.8. The Morgan fingerprint density at radius 1 is 0.314 bits per heavy atom. The van der Waals surface area contributed by atoms with Crippen LogP contribution in [0.25, 0.3) is 111 Å². The van der Waals surface area contributed by atoms with E-state index in [2.05, 4.69) is 284 Å². The molecule has 5 aromatic heterocycles. The topological polar surface area (TPSA) is 251 Å². The average Bonchev–Trinajstić information content (AvgIpc) is 0.801. The first-order valence-electron chi connectivity index (χ1n) is 44.5. The zero-order valence-corrected chi connectivity index (χ0v) is 94.9. The van der Waals surface area contributed by atoms with Gasteiger partial charge >= 0.3 is 0 Å². The first kappa shape index (κ1) is 126. The number of aliphatic hydroxyl groups is 5. The van der Waals surface area contributed by atoms with Crippen LogP contribution in [0.5, 0.6) is 0 Å². The molecule has 5 heterocycles. The number of aryl methyl sites for hydroxylation is 8. The second-order valence-electron chi connectivity index (χ2n) is 33.0. The van der Waals surface area contributed by atoms with Crippen molar-refractivity contribution in [1.29, 1.82) is 0 Å². The Hall–Kier alpha value is -12.2. The van der Waals surface area contributed by atoms with Gasteiger partial charge in [0.15, 0.2) is 28.9 Å². The minimum absolute atomic E-state index is 0. The summed E-state index contributed by atoms with van der Waals surface area (Å²) in [7, 11) is 0. The summed E-state index contributed by atoms with van der Waals surface area (Å²) >= 11 is 0. The van der Waals surface area contributed by atoms with Gasteiger partial charge in [-0.3, -0.25) is 33.9 Å². The number of carbonyl (C=O) groups excluding carboxylic acids is 5. The van der Waals surface area contributed by atoms with Gasteiger partial charge in [-0.05, 0) is 211 Å². The predicted molar refractivity (Wildman–Crippen MR) is 555 cm³/mol. The minimum atomic E-state index is -0.125. The number of fused-ring (bicyclic) bond motifs is 2. The van der Waals surface area contributed by atoms with Crippen molar-refractivity contribution >= 4 is 50.7 Å². The number of allylic oxidation sites excluding steroid dienone is 10. The molecule has 140 heavy (non-hydrogen) atoms. The third kappa shape index (κ3) is 49.1. The van der Waals surface area contributed by atoms with Crippen molar-refractivity contribution in [1.82, 2.24) is 24.9 Å². The van der Waals surface area contributed by atoms with Crippen molar-refractivity contribution < 1.29 is 150 Å². The van der Waals surface area contributed by atoms with Crippen molar-refractivity contribution in [3.05, 3.63) is 425 Å². The Morgan fingerprint density at radius 2 is 0.693 bits per heavy atom. The summed E-state index contributed by atoms with van der Waals surface area (Å²) < 4.78 is 0. The van der Waals surface area contributed by atoms with Crippen LogP contribution in [0.1, 0.15) is 147 Å². The van der Waals surface area contributed by atoms with E-state index >= 15 is 0 Å². The molecule has 0 amide bonds. The minimum Gasteiger partial charge on any atom is -0.512 e. The maximum absolute atomic E-state index is 10.0. The first-order valence-corrected chi connectivity index (χ1v) is 44.5. The normalized spacial score (nSPS) is 10.5. The summed E-state index contributed by atoms with van der Waals surface area (Å²) in [6, 6.07) is 108. The Bertz CT molecular complexity index is 6230. The Labute approximate surface area is 896 Å². The van der Waals surface area contributed by atoms with E-state index in [4.69, 9.17) is 35.5 Å². The van der Waals surface area contributed by atoms with Crippen LogP contribution in [0.15, 0.2) is 345 Å². The van der Waals surface area contributed by atoms with Gasteiger partial charge in [0, 0.05) is 155 Å². The molecule has 0 saturated carbocycles. The summed E-state index contributed by atoms with van der Waals surface area (Å²) in [4.78, 5) is 73.1. The van der Waals surface area contributed by atoms with Gasteiger partial charge in [-0.15, -0.1) is 177 Å². The fraction of sp³-hybridized carbons (Fsp3) is 0.200. The number of pyridine rings is 5. The molecule has 0 aliphatic heterocycles. The molecule has 0 aliphatic carbocycles. The Balaban J connectivity index is 0.000000800. The number of nitrogens with zero attached hydrogens (tertiary/aromatic N) is 5. The van der Waals surface area contributed by atoms with Crippen LogP contribution in [-0.2, 0) is 137 Å². The van der Waals surface area contributed by atoms with Crippen molar-refractivity contribution in [2.75, 3.05) is 0 Å². The summed E-state index contributed by atoms with van der Waals surface area (Å²) in [5.74, 6) is 0.338. The number of benzene rings is 10. The molecular weight excluding hydrogens is 2630 g/mol. The first-order chi connectivity index (χ1) is 64.3. The molecule has 5 radical (unpaired) electrons. The molecule has 15 rings (SSSR count). The third-order valence-electron chi connectivity index (χ3n) is 19.0. The monoisotopic (exact) mass is 2760 g/mol. The molecule has 15 aromatic rings. The molecule has 10 aromatic carbocycles. The van der Waals surface area contributed by atoms with E-state index in [1.54, 1.807) is 0 Å². The van der Waals surface area contributed by atoms with Gasteiger partial charge in [-0.25, -0.2) is 0 Å². The Kier molecular flexibility index (Phi) is 60.4. The molecule has 0 aliphatic rings. The molecule has 739 valence electrons. The summed E-state index contributed by atoms with van der Waals surface area (Å²) in [5, 5.41) is 44.3. The van der Waals surface area contributed by atoms with Crippen LogP contribution >= 0.6 is 0 Å². The predicted octanol–water partition coefficient (Wildman–Crippen LogP) is 29.5. The van der Waals surface area contributed by atoms with E-state index in [1.807, 2.05) is 116 Å². The average molecular weight is 2760 g/mol. The van der Waals surface area contributed by atoms with Crippen molar-refractivity contribution in [3.8, 4) is 89.7 Å². The van der Waals surface area contributed by atoms with Gasteiger partial charge in [-0.2, -0.15) is 0 Å². The summed E-state index contributed by atoms with van der Waals surface area (Å²) in [6.45, 7) is 35.6. The van der Waals surface area contributed by atoms with E-state index < -0.39 is 0 Å². The second-order valence-corrected chi connectivity index (χ2v) is 33.0. The van der Waals surface area contributed by atoms with Crippen LogP contribution in [0.4, 0.5) is 0 Å². The van der Waals surface area contributed by atoms with E-state index in [0.717, 1.165) is 97.7 Å². The maximum atomic E-state index is 10.0. The van der Waals surface area contributed by atoms with Crippen molar-refractivity contribution in [2.24, 2.45) is 5.92 Å². The zero-order valence-electron chi connectivity index (χ0n) is 82.9. The van der Waals surface area contributed by atoms with E-state index in [9.17, 15) is 24.0 Å². The van der Waals surface area contributed by atoms with Crippen LogP contribution < -0.4 is 0 Å². The van der Waals surface area contributed by atoms with E-state index in [0.29, 0.717) is 5.92 Å². The van der Waals surface area contributed by atoms with E-state index in [-0.39, 0.29) is 158 Å². The van der Waals surface area contributed by atoms with Gasteiger partial charge < -0.3 is 40.5 Å². The zero-order chi connectivity index (χ0) is 99.1. The fourth-order valence-electron chi connectivity index (χ4n) is 13.6. The number of carbonyl (C=O) groups is 5. The number of ketones is 5. The molecule has 15 nitrogen and oxygen atoms in total. The number of hydrogen-bond acceptors (Lipinski definition) is 15. The largest absolute Gasteiger partial charge is 0.512 e. The third-order valence-corrected chi connectivity index (χ3v) is 19.0. The molecule has 0 fully saturated rings. The van der Waals surface area contributed by atoms with Gasteiger partial charge in [0.25, 0.3) is 0 Å². The molecule has 20 heteroatoms. The molecule has 0 atom stereocenters. The second kappa shape index (κ2) is 67.2. The van der Waals surface area contributed by atoms with E-state index in [1.165, 1.54) is 183 Å². The maximum Gasteiger partial charge on any atom is 0.155 e. The van der Waals surface area contributed by atoms with Gasteiger partial charge in [0.2, 0.25) is 0 Å². The van der Waals surface area contributed by atoms with Crippen molar-refractivity contribution in [3.63, 3.8) is 0 Å². The van der Waals surface area contributed by atoms with Crippen LogP contribution in [-0.4, -0.2) is 79.4 Å². The summed E-state index contributed by atoms with van der Waals surface area (Å²) in [6.07, 6.45) is 14.8. The SMILES string of the molecule is CC(=O)C=C(C)O.CC(=O)C=C(C)O.CC(=O)C=C(C)O.CC(=O)C=C(C)O.CC(=O)C=C(C)O.CCCc1ccc2ccc(-c3[c-]c(C)cc(C)c3)nc2c1.Cc1[c-]c(-c2ccc3c(CC(C)C)cccc3n2)cc(C)c1.Cc1cc[c-]c(-c2cc(-c3ccccc3)ccn2)c1.Cc1ccc(-c2ccnc(-c3[c-]cccc3)c2)cc1.Cc1cccc(-c2ccnc(-c3[c-]cccc3)c2)c1.[Ir].[Ir].[Ir].[Ir].[Ir]. The number of hydrogen-bond donors (Lipinski definition) is 5. The van der Waals surface area contributed by atoms with Crippen LogP contribution in [0, 0.1) is 84.7 Å². The molecule has 0 bridgehead atoms. The molecule has 0 unspecified atom stereocenters. The molecule has 0 spiro atoms. The van der Waals surface area contributed by atoms with Crippen LogP contribution in [0.3, 0.4) is 0 Å². The number of aromatic nitrogens is 5. The smallest absolute Gasteiger partial charge is 0.155 e. The van der Waals surface area contributed by atoms with Gasteiger partial charge in [0.1, 0.15) is 0 Å². The van der Waals surface area contributed by atoms with Crippen LogP contribution in [0.2, 0.25) is 0 Å². The molecular formula is C120H124Ir5N5O10-5. The number of aliphatic hydroxyl groups excluding tert-OH is 5. The number of rotatable bonds is 17. The molecule has 5 N–H and O–H groups in total. The quantitative estimate of drug-likeness (QED) is 0.0323. The standard InChI is InChI=1S/C21H22N.C20H20N.3C18H14N.5C5H8O2.5Ir/c1-14(2)10-17-6-5-7-21-19(17)8-9-20(22-21)18-12-15(3)11-16(4)13-18;1-4-5-16-6-7-17-8-9-19(21-20(17)13-16)18-11-14(2)10-15(3)12-18;1-14-6-5-9-17(12-14)18-13-16(10-11-19-18)15-7-3-2-4-8-15;1-14-6-5-9-16(12-14)17-10-11-19-18(13-17)15-7-3-2-4-8-15;1-14-7-9-15(10-8-14)17-11-12-19-18(13-17)16-5-3-2-4-6-16;5*1-4(6)3-5(2)7;;;;;/h5-9,11-12,14H,10H2,1-4H3;6-11,13H,4-5H2,1-3H3;2-8,10-13H,1H3;2-7,9-13H,1H3;2-5,7-13H,1H3;5*3,6H,1-2H3;;;;;/q5*-1;;;;;;;;;;. The van der Waals surface area contributed by atoms with Gasteiger partial charge in [0.05, 0.1) is 39.8 Å². The van der Waals surface area contributed by atoms with Gasteiger partial charge in [-0.1, -0.05) is 219 Å². The van der Waals surface area contributed by atoms with Crippen molar-refractivity contribution in [2.45, 2.75) is 158 Å². The fourth-order valence-corrected chi connectivity index (χ4v) is 13.6. The Morgan fingerprint density at radius 3 is 1.09 bits per heavy atom.